The van der Waals surface area contributed by atoms with E-state index in [1.807, 2.05) is 0 Å². The molecule has 0 radical (unpaired) electrons. The zero-order valence-corrected chi connectivity index (χ0v) is 13.1. The molecule has 0 spiro atoms. The van der Waals surface area contributed by atoms with Crippen LogP contribution in [0.5, 0.6) is 0 Å². The van der Waals surface area contributed by atoms with Gasteiger partial charge in [-0.05, 0) is 30.5 Å². The Morgan fingerprint density at radius 1 is 0.909 bits per heavy atom. The van der Waals surface area contributed by atoms with Gasteiger partial charge in [-0.1, -0.05) is 45.4 Å². The highest BCUT2D eigenvalue weighted by Gasteiger charge is 2.31. The summed E-state index contributed by atoms with van der Waals surface area (Å²) in [6.07, 6.45) is 6.58. The summed E-state index contributed by atoms with van der Waals surface area (Å²) in [7, 11) is 0. The minimum absolute atomic E-state index is 0.00708. The van der Waals surface area contributed by atoms with Crippen LogP contribution >= 0.6 is 0 Å². The van der Waals surface area contributed by atoms with Crippen LogP contribution in [0.15, 0.2) is 18.2 Å². The van der Waals surface area contributed by atoms with Crippen LogP contribution in [-0.2, 0) is 6.42 Å². The molecule has 0 bridgehead atoms. The van der Waals surface area contributed by atoms with E-state index >= 15 is 0 Å². The van der Waals surface area contributed by atoms with Gasteiger partial charge in [-0.15, -0.1) is 0 Å². The monoisotopic (exact) mass is 316 g/mol. The Labute approximate surface area is 130 Å². The number of unbranched alkanes of at least 4 members (excludes halogenated alkanes) is 5. The fraction of sp³-hybridized carbons (Fsp3) is 0.647. The molecule has 22 heavy (non-hydrogen) atoms. The van der Waals surface area contributed by atoms with Gasteiger partial charge in [0.15, 0.2) is 0 Å². The molecule has 0 aliphatic rings. The summed E-state index contributed by atoms with van der Waals surface area (Å²) < 4.78 is 26.3. The third-order valence-electron chi connectivity index (χ3n) is 3.86. The van der Waals surface area contributed by atoms with E-state index in [0.717, 1.165) is 50.3 Å². The quantitative estimate of drug-likeness (QED) is 0.457. The van der Waals surface area contributed by atoms with Gasteiger partial charge in [0.05, 0.1) is 0 Å². The van der Waals surface area contributed by atoms with Crippen LogP contribution in [0.4, 0.5) is 8.78 Å². The maximum Gasteiger partial charge on any atom is 0.278 e. The molecule has 1 atom stereocenters. The Kier molecular flexibility index (Phi) is 7.93. The SMILES string of the molecule is CCCCCCCCC(Cc1cc(F)cc(F)c1)C(O)(O)O. The molecule has 1 aromatic carbocycles. The van der Waals surface area contributed by atoms with Crippen LogP contribution in [0, 0.1) is 17.6 Å². The zero-order chi connectivity index (χ0) is 16.6. The smallest absolute Gasteiger partial charge is 0.278 e. The molecule has 3 N–H and O–H groups in total. The molecule has 0 aliphatic heterocycles. The number of hydrogen-bond donors (Lipinski definition) is 3. The van der Waals surface area contributed by atoms with Crippen LogP contribution in [0.3, 0.4) is 0 Å². The minimum atomic E-state index is -2.84. The summed E-state index contributed by atoms with van der Waals surface area (Å²) in [5.74, 6) is -5.15. The van der Waals surface area contributed by atoms with Crippen molar-refractivity contribution in [3.63, 3.8) is 0 Å². The van der Waals surface area contributed by atoms with Crippen molar-refractivity contribution in [2.75, 3.05) is 0 Å². The van der Waals surface area contributed by atoms with Crippen LogP contribution in [0.1, 0.15) is 57.4 Å². The number of halogens is 2. The second-order valence-corrected chi connectivity index (χ2v) is 5.92. The van der Waals surface area contributed by atoms with Crippen molar-refractivity contribution in [3.05, 3.63) is 35.4 Å². The van der Waals surface area contributed by atoms with Crippen LogP contribution < -0.4 is 0 Å². The zero-order valence-electron chi connectivity index (χ0n) is 13.1. The molecule has 0 heterocycles. The van der Waals surface area contributed by atoms with Gasteiger partial charge in [0.2, 0.25) is 0 Å². The van der Waals surface area contributed by atoms with Gasteiger partial charge in [-0.3, -0.25) is 0 Å². The first-order valence-electron chi connectivity index (χ1n) is 7.95. The van der Waals surface area contributed by atoms with Gasteiger partial charge >= 0.3 is 0 Å². The lowest BCUT2D eigenvalue weighted by Gasteiger charge is -2.26. The predicted molar refractivity (Wildman–Crippen MR) is 80.9 cm³/mol. The normalized spacial score (nSPS) is 13.4. The summed E-state index contributed by atoms with van der Waals surface area (Å²) in [4.78, 5) is 0. The summed E-state index contributed by atoms with van der Waals surface area (Å²) in [6.45, 7) is 2.13. The van der Waals surface area contributed by atoms with Crippen molar-refractivity contribution in [1.82, 2.24) is 0 Å². The second kappa shape index (κ2) is 9.18. The Morgan fingerprint density at radius 3 is 2.00 bits per heavy atom. The summed E-state index contributed by atoms with van der Waals surface area (Å²) in [5, 5.41) is 28.3. The third kappa shape index (κ3) is 7.29. The highest BCUT2D eigenvalue weighted by Crippen LogP contribution is 2.25. The fourth-order valence-corrected chi connectivity index (χ4v) is 2.62. The predicted octanol–water partition coefficient (Wildman–Crippen LogP) is 3.50. The topological polar surface area (TPSA) is 60.7 Å². The van der Waals surface area contributed by atoms with E-state index in [0.29, 0.717) is 12.0 Å². The van der Waals surface area contributed by atoms with Crippen molar-refractivity contribution in [3.8, 4) is 0 Å². The second-order valence-electron chi connectivity index (χ2n) is 5.92. The molecule has 1 rings (SSSR count). The molecule has 126 valence electrons. The first kappa shape index (κ1) is 19.0. The fourth-order valence-electron chi connectivity index (χ4n) is 2.62. The molecule has 0 aliphatic carbocycles. The Hall–Kier alpha value is -1.04. The first-order valence-corrected chi connectivity index (χ1v) is 7.95. The molecule has 0 amide bonds. The third-order valence-corrected chi connectivity index (χ3v) is 3.86. The summed E-state index contributed by atoms with van der Waals surface area (Å²) in [6, 6.07) is 3.04. The molecule has 0 saturated heterocycles. The van der Waals surface area contributed by atoms with Crippen LogP contribution in [0.25, 0.3) is 0 Å². The lowest BCUT2D eigenvalue weighted by atomic mass is 9.91. The van der Waals surface area contributed by atoms with Gasteiger partial charge in [-0.25, -0.2) is 8.78 Å². The lowest BCUT2D eigenvalue weighted by Crippen LogP contribution is -2.38. The highest BCUT2D eigenvalue weighted by atomic mass is 19.1. The number of rotatable bonds is 10. The van der Waals surface area contributed by atoms with Gasteiger partial charge in [0, 0.05) is 12.0 Å². The average Bonchev–Trinajstić information content (AvgIpc) is 2.39. The number of aliphatic hydroxyl groups is 3. The number of benzene rings is 1. The van der Waals surface area contributed by atoms with E-state index in [4.69, 9.17) is 0 Å². The van der Waals surface area contributed by atoms with Gasteiger partial charge in [0.25, 0.3) is 5.97 Å². The molecule has 1 aromatic rings. The molecular weight excluding hydrogens is 290 g/mol. The largest absolute Gasteiger partial charge is 0.343 e. The first-order chi connectivity index (χ1) is 10.3. The van der Waals surface area contributed by atoms with Gasteiger partial charge in [-0.2, -0.15) is 0 Å². The van der Waals surface area contributed by atoms with Crippen molar-refractivity contribution in [2.24, 2.45) is 5.92 Å². The van der Waals surface area contributed by atoms with Crippen molar-refractivity contribution < 1.29 is 24.1 Å². The summed E-state index contributed by atoms with van der Waals surface area (Å²) >= 11 is 0. The Bertz CT molecular complexity index is 424. The molecule has 0 saturated carbocycles. The molecule has 5 heteroatoms. The van der Waals surface area contributed by atoms with Gasteiger partial charge < -0.3 is 15.3 Å². The van der Waals surface area contributed by atoms with Crippen molar-refractivity contribution in [1.29, 1.82) is 0 Å². The average molecular weight is 316 g/mol. The maximum atomic E-state index is 13.2. The molecule has 0 aromatic heterocycles. The lowest BCUT2D eigenvalue weighted by molar-refractivity contribution is -0.342. The standard InChI is InChI=1S/C17H26F2O3/c1-2-3-4-5-6-7-8-14(17(20,21)22)9-13-10-15(18)12-16(19)11-13/h10-12,14,20-22H,2-9H2,1H3. The van der Waals surface area contributed by atoms with E-state index in [2.05, 4.69) is 6.92 Å². The number of hydrogen-bond acceptors (Lipinski definition) is 3. The molecular formula is C17H26F2O3. The van der Waals surface area contributed by atoms with E-state index in [1.165, 1.54) is 6.42 Å². The Balaban J connectivity index is 2.54. The van der Waals surface area contributed by atoms with E-state index in [-0.39, 0.29) is 6.42 Å². The van der Waals surface area contributed by atoms with Crippen LogP contribution in [-0.4, -0.2) is 21.3 Å². The van der Waals surface area contributed by atoms with Crippen LogP contribution in [0.2, 0.25) is 0 Å². The highest BCUT2D eigenvalue weighted by molar-refractivity contribution is 5.18. The molecule has 3 nitrogen and oxygen atoms in total. The summed E-state index contributed by atoms with van der Waals surface area (Å²) in [5.41, 5.74) is 0.301. The van der Waals surface area contributed by atoms with Gasteiger partial charge in [0.1, 0.15) is 11.6 Å². The van der Waals surface area contributed by atoms with E-state index < -0.39 is 23.5 Å². The Morgan fingerprint density at radius 2 is 1.45 bits per heavy atom. The van der Waals surface area contributed by atoms with Crippen molar-refractivity contribution in [2.45, 2.75) is 64.3 Å². The van der Waals surface area contributed by atoms with Crippen molar-refractivity contribution >= 4 is 0 Å². The molecule has 1 unspecified atom stereocenters. The minimum Gasteiger partial charge on any atom is -0.343 e. The molecule has 0 fully saturated rings. The van der Waals surface area contributed by atoms with E-state index in [9.17, 15) is 24.1 Å². The van der Waals surface area contributed by atoms with E-state index in [1.54, 1.807) is 0 Å². The maximum absolute atomic E-state index is 13.2.